The van der Waals surface area contributed by atoms with Gasteiger partial charge in [-0.1, -0.05) is 49.7 Å². The molecule has 0 aliphatic heterocycles. The van der Waals surface area contributed by atoms with E-state index in [1.165, 1.54) is 11.8 Å². The summed E-state index contributed by atoms with van der Waals surface area (Å²) in [5.41, 5.74) is 1.56. The molecule has 0 radical (unpaired) electrons. The molecule has 3 aromatic rings. The molecule has 0 aliphatic rings. The molecule has 0 saturated carbocycles. The van der Waals surface area contributed by atoms with Gasteiger partial charge in [0, 0.05) is 20.2 Å². The summed E-state index contributed by atoms with van der Waals surface area (Å²) in [6.07, 6.45) is 0. The molecule has 3 rings (SSSR count). The molecule has 25 heavy (non-hydrogen) atoms. The number of amides is 1. The first kappa shape index (κ1) is 18.2. The van der Waals surface area contributed by atoms with Gasteiger partial charge in [-0.15, -0.1) is 10.2 Å². The summed E-state index contributed by atoms with van der Waals surface area (Å²) in [5, 5.41) is 10.9. The average Bonchev–Trinajstić information content (AvgIpc) is 3.04. The Balaban J connectivity index is 1.63. The van der Waals surface area contributed by atoms with Gasteiger partial charge in [-0.25, -0.2) is 0 Å². The smallest absolute Gasteiger partial charge is 0.277 e. The van der Waals surface area contributed by atoms with E-state index < -0.39 is 0 Å². The van der Waals surface area contributed by atoms with Crippen LogP contribution in [0.1, 0.15) is 6.92 Å². The van der Waals surface area contributed by atoms with Crippen LogP contribution in [0.4, 0.5) is 5.69 Å². The molecule has 0 saturated heterocycles. The first-order valence-corrected chi connectivity index (χ1v) is 9.80. The standard InChI is InChI=1S/C17H13Br2N3O2S/c1-10(15(23)20-14-4-2-3-13(19)9-14)25-17-22-21-16(24-17)11-5-7-12(18)8-6-11/h2-10H,1H3,(H,20,23). The number of carbonyl (C=O) groups is 1. The minimum absolute atomic E-state index is 0.133. The van der Waals surface area contributed by atoms with Crippen molar-refractivity contribution in [2.24, 2.45) is 0 Å². The maximum Gasteiger partial charge on any atom is 0.277 e. The highest BCUT2D eigenvalue weighted by atomic mass is 79.9. The third kappa shape index (κ3) is 4.93. The summed E-state index contributed by atoms with van der Waals surface area (Å²) in [6.45, 7) is 1.79. The van der Waals surface area contributed by atoms with Gasteiger partial charge in [-0.3, -0.25) is 4.79 Å². The van der Waals surface area contributed by atoms with Crippen LogP contribution < -0.4 is 5.32 Å². The highest BCUT2D eigenvalue weighted by Crippen LogP contribution is 2.27. The van der Waals surface area contributed by atoms with Crippen molar-refractivity contribution in [2.45, 2.75) is 17.4 Å². The summed E-state index contributed by atoms with van der Waals surface area (Å²) < 4.78 is 7.52. The summed E-state index contributed by atoms with van der Waals surface area (Å²) in [4.78, 5) is 12.3. The number of anilines is 1. The van der Waals surface area contributed by atoms with Crippen LogP contribution in [0.5, 0.6) is 0 Å². The van der Waals surface area contributed by atoms with E-state index in [2.05, 4.69) is 47.4 Å². The number of hydrogen-bond acceptors (Lipinski definition) is 5. The van der Waals surface area contributed by atoms with Crippen LogP contribution in [-0.4, -0.2) is 21.4 Å². The highest BCUT2D eigenvalue weighted by molar-refractivity contribution is 9.10. The van der Waals surface area contributed by atoms with Crippen molar-refractivity contribution in [2.75, 3.05) is 5.32 Å². The van der Waals surface area contributed by atoms with Crippen LogP contribution in [0.2, 0.25) is 0 Å². The number of nitrogens with zero attached hydrogens (tertiary/aromatic N) is 2. The molecule has 1 heterocycles. The Morgan fingerprint density at radius 2 is 1.88 bits per heavy atom. The van der Waals surface area contributed by atoms with Crippen LogP contribution in [0.15, 0.2) is 67.1 Å². The summed E-state index contributed by atoms with van der Waals surface area (Å²) in [6, 6.07) is 15.0. The first-order valence-electron chi connectivity index (χ1n) is 7.34. The minimum Gasteiger partial charge on any atom is -0.411 e. The molecule has 1 N–H and O–H groups in total. The number of halogens is 2. The first-order chi connectivity index (χ1) is 12.0. The molecule has 0 aliphatic carbocycles. The topological polar surface area (TPSA) is 68.0 Å². The Morgan fingerprint density at radius 3 is 2.60 bits per heavy atom. The Morgan fingerprint density at radius 1 is 1.12 bits per heavy atom. The van der Waals surface area contributed by atoms with Crippen molar-refractivity contribution in [1.29, 1.82) is 0 Å². The van der Waals surface area contributed by atoms with Gasteiger partial charge in [0.05, 0.1) is 5.25 Å². The lowest BCUT2D eigenvalue weighted by molar-refractivity contribution is -0.115. The average molecular weight is 483 g/mol. The summed E-state index contributed by atoms with van der Waals surface area (Å²) in [5.74, 6) is 0.293. The second kappa shape index (κ2) is 8.16. The zero-order chi connectivity index (χ0) is 17.8. The number of hydrogen-bond donors (Lipinski definition) is 1. The largest absolute Gasteiger partial charge is 0.411 e. The number of nitrogens with one attached hydrogen (secondary N) is 1. The van der Waals surface area contributed by atoms with Crippen LogP contribution >= 0.6 is 43.6 Å². The van der Waals surface area contributed by atoms with E-state index in [0.29, 0.717) is 11.1 Å². The van der Waals surface area contributed by atoms with Gasteiger partial charge in [-0.05, 0) is 49.4 Å². The molecule has 5 nitrogen and oxygen atoms in total. The van der Waals surface area contributed by atoms with E-state index in [9.17, 15) is 4.79 Å². The monoisotopic (exact) mass is 481 g/mol. The molecule has 128 valence electrons. The van der Waals surface area contributed by atoms with Crippen LogP contribution in [0.25, 0.3) is 11.5 Å². The quantitative estimate of drug-likeness (QED) is 0.494. The van der Waals surface area contributed by atoms with Gasteiger partial charge in [0.25, 0.3) is 5.22 Å². The maximum atomic E-state index is 12.3. The van der Waals surface area contributed by atoms with E-state index in [1.807, 2.05) is 48.5 Å². The Labute approximate surface area is 165 Å². The molecule has 0 bridgehead atoms. The van der Waals surface area contributed by atoms with Gasteiger partial charge >= 0.3 is 0 Å². The normalized spacial score (nSPS) is 12.0. The lowest BCUT2D eigenvalue weighted by Gasteiger charge is -2.10. The number of thioether (sulfide) groups is 1. The van der Waals surface area contributed by atoms with Crippen molar-refractivity contribution >= 4 is 55.2 Å². The Hall–Kier alpha value is -1.64. The van der Waals surface area contributed by atoms with Gasteiger partial charge in [0.2, 0.25) is 11.8 Å². The zero-order valence-corrected chi connectivity index (χ0v) is 17.1. The van der Waals surface area contributed by atoms with Gasteiger partial charge in [-0.2, -0.15) is 0 Å². The lowest BCUT2D eigenvalue weighted by Crippen LogP contribution is -2.22. The van der Waals surface area contributed by atoms with Crippen molar-refractivity contribution in [3.63, 3.8) is 0 Å². The van der Waals surface area contributed by atoms with E-state index in [1.54, 1.807) is 6.92 Å². The van der Waals surface area contributed by atoms with Crippen LogP contribution in [-0.2, 0) is 4.79 Å². The molecule has 0 spiro atoms. The molecule has 1 aromatic heterocycles. The molecular weight excluding hydrogens is 470 g/mol. The fourth-order valence-electron chi connectivity index (χ4n) is 1.98. The van der Waals surface area contributed by atoms with Crippen molar-refractivity contribution in [3.05, 3.63) is 57.5 Å². The second-order valence-corrected chi connectivity index (χ2v) is 8.26. The maximum absolute atomic E-state index is 12.3. The molecule has 8 heteroatoms. The van der Waals surface area contributed by atoms with Crippen molar-refractivity contribution in [3.8, 4) is 11.5 Å². The molecule has 1 unspecified atom stereocenters. The van der Waals surface area contributed by atoms with Crippen LogP contribution in [0, 0.1) is 0 Å². The molecule has 0 fully saturated rings. The van der Waals surface area contributed by atoms with Crippen molar-refractivity contribution in [1.82, 2.24) is 10.2 Å². The third-order valence-corrected chi connectivity index (χ3v) is 5.19. The number of benzene rings is 2. The third-order valence-electron chi connectivity index (χ3n) is 3.24. The fraction of sp³-hybridized carbons (Fsp3) is 0.118. The SMILES string of the molecule is CC(Sc1nnc(-c2ccc(Br)cc2)o1)C(=O)Nc1cccc(Br)c1. The molecule has 2 aromatic carbocycles. The van der Waals surface area contributed by atoms with Gasteiger partial charge < -0.3 is 9.73 Å². The van der Waals surface area contributed by atoms with Gasteiger partial charge in [0.15, 0.2) is 0 Å². The summed E-state index contributed by atoms with van der Waals surface area (Å²) >= 11 is 7.99. The Bertz CT molecular complexity index is 884. The fourth-order valence-corrected chi connectivity index (χ4v) is 3.33. The predicted octanol–water partition coefficient (Wildman–Crippen LogP) is 5.38. The van der Waals surface area contributed by atoms with E-state index in [-0.39, 0.29) is 11.2 Å². The van der Waals surface area contributed by atoms with E-state index in [4.69, 9.17) is 4.42 Å². The lowest BCUT2D eigenvalue weighted by atomic mass is 10.2. The number of aromatic nitrogens is 2. The van der Waals surface area contributed by atoms with Crippen LogP contribution in [0.3, 0.4) is 0 Å². The predicted molar refractivity (Wildman–Crippen MR) is 106 cm³/mol. The Kier molecular flexibility index (Phi) is 5.93. The van der Waals surface area contributed by atoms with E-state index in [0.717, 1.165) is 20.2 Å². The zero-order valence-electron chi connectivity index (χ0n) is 13.1. The highest BCUT2D eigenvalue weighted by Gasteiger charge is 2.19. The minimum atomic E-state index is -0.378. The number of carbonyl (C=O) groups excluding carboxylic acids is 1. The summed E-state index contributed by atoms with van der Waals surface area (Å²) in [7, 11) is 0. The molecular formula is C17H13Br2N3O2S. The second-order valence-electron chi connectivity index (χ2n) is 5.14. The van der Waals surface area contributed by atoms with Crippen molar-refractivity contribution < 1.29 is 9.21 Å². The van der Waals surface area contributed by atoms with E-state index >= 15 is 0 Å². The molecule has 1 amide bonds. The van der Waals surface area contributed by atoms with Gasteiger partial charge in [0.1, 0.15) is 0 Å². The number of rotatable bonds is 5. The molecule has 1 atom stereocenters.